The first-order valence-corrected chi connectivity index (χ1v) is 8.68. The van der Waals surface area contributed by atoms with Crippen LogP contribution in [0.15, 0.2) is 18.2 Å². The minimum atomic E-state index is -0.197. The van der Waals surface area contributed by atoms with Gasteiger partial charge in [0.1, 0.15) is 5.75 Å². The molecule has 1 N–H and O–H groups in total. The molecule has 0 saturated carbocycles. The van der Waals surface area contributed by atoms with E-state index in [-0.39, 0.29) is 5.91 Å². The van der Waals surface area contributed by atoms with Crippen LogP contribution in [0.25, 0.3) is 0 Å². The van der Waals surface area contributed by atoms with Crippen molar-refractivity contribution in [1.29, 1.82) is 0 Å². The van der Waals surface area contributed by atoms with Crippen molar-refractivity contribution in [3.63, 3.8) is 0 Å². The zero-order valence-electron chi connectivity index (χ0n) is 14.7. The number of carbonyl (C=O) groups excluding carboxylic acids is 1. The third-order valence-corrected chi connectivity index (χ3v) is 4.68. The summed E-state index contributed by atoms with van der Waals surface area (Å²) in [6, 6.07) is 5.96. The van der Waals surface area contributed by atoms with Gasteiger partial charge in [-0.2, -0.15) is 5.10 Å². The van der Waals surface area contributed by atoms with E-state index < -0.39 is 0 Å². The molecule has 0 radical (unpaired) electrons. The van der Waals surface area contributed by atoms with E-state index in [0.29, 0.717) is 5.69 Å². The Morgan fingerprint density at radius 2 is 1.92 bits per heavy atom. The molecule has 0 unspecified atom stereocenters. The second-order valence-electron chi connectivity index (χ2n) is 6.32. The highest BCUT2D eigenvalue weighted by Gasteiger charge is 2.17. The van der Waals surface area contributed by atoms with Crippen LogP contribution < -0.4 is 10.1 Å². The van der Waals surface area contributed by atoms with Gasteiger partial charge in [-0.1, -0.05) is 6.42 Å². The molecule has 3 rings (SSSR count). The van der Waals surface area contributed by atoms with Crippen molar-refractivity contribution in [2.75, 3.05) is 12.4 Å². The maximum Gasteiger partial charge on any atom is 0.276 e. The van der Waals surface area contributed by atoms with Gasteiger partial charge in [0.2, 0.25) is 0 Å². The molecule has 5 heteroatoms. The summed E-state index contributed by atoms with van der Waals surface area (Å²) in [6.07, 6.45) is 5.82. The number of carbonyl (C=O) groups is 1. The van der Waals surface area contributed by atoms with E-state index in [4.69, 9.17) is 4.74 Å². The number of nitrogens with one attached hydrogen (secondary N) is 1. The fraction of sp³-hybridized carbons (Fsp3) is 0.474. The van der Waals surface area contributed by atoms with Crippen molar-refractivity contribution in [3.05, 3.63) is 40.7 Å². The monoisotopic (exact) mass is 327 g/mol. The second kappa shape index (κ2) is 7.07. The van der Waals surface area contributed by atoms with Gasteiger partial charge in [0, 0.05) is 12.2 Å². The average molecular weight is 327 g/mol. The SMILES string of the molecule is CCn1nc(C(=O)Nc2cc3c(cc2OC)CCCCC3)cc1C. The Kier molecular flexibility index (Phi) is 4.88. The molecule has 1 aromatic heterocycles. The average Bonchev–Trinajstić information content (AvgIpc) is 2.81. The highest BCUT2D eigenvalue weighted by molar-refractivity contribution is 6.03. The van der Waals surface area contributed by atoms with Crippen LogP contribution >= 0.6 is 0 Å². The number of aryl methyl sites for hydroxylation is 4. The molecule has 1 amide bonds. The van der Waals surface area contributed by atoms with Gasteiger partial charge in [0.05, 0.1) is 12.8 Å². The molecule has 0 atom stereocenters. The number of ether oxygens (including phenoxy) is 1. The topological polar surface area (TPSA) is 56.2 Å². The molecular formula is C19H25N3O2. The van der Waals surface area contributed by atoms with Crippen LogP contribution in [0.5, 0.6) is 5.75 Å². The molecule has 0 fully saturated rings. The molecule has 0 saturated heterocycles. The summed E-state index contributed by atoms with van der Waals surface area (Å²) < 4.78 is 7.32. The molecule has 24 heavy (non-hydrogen) atoms. The van der Waals surface area contributed by atoms with E-state index in [1.165, 1.54) is 30.4 Å². The minimum Gasteiger partial charge on any atom is -0.495 e. The number of amides is 1. The van der Waals surface area contributed by atoms with E-state index in [1.54, 1.807) is 7.11 Å². The summed E-state index contributed by atoms with van der Waals surface area (Å²) in [7, 11) is 1.64. The fourth-order valence-electron chi connectivity index (χ4n) is 3.33. The molecule has 0 aliphatic heterocycles. The number of anilines is 1. The van der Waals surface area contributed by atoms with Crippen molar-refractivity contribution >= 4 is 11.6 Å². The summed E-state index contributed by atoms with van der Waals surface area (Å²) in [5.74, 6) is 0.521. The van der Waals surface area contributed by atoms with Crippen LogP contribution in [0, 0.1) is 6.92 Å². The van der Waals surface area contributed by atoms with Gasteiger partial charge in [0.15, 0.2) is 5.69 Å². The van der Waals surface area contributed by atoms with Crippen molar-refractivity contribution in [3.8, 4) is 5.75 Å². The number of hydrogen-bond donors (Lipinski definition) is 1. The predicted molar refractivity (Wildman–Crippen MR) is 94.8 cm³/mol. The number of fused-ring (bicyclic) bond motifs is 1. The van der Waals surface area contributed by atoms with E-state index in [1.807, 2.05) is 24.6 Å². The molecule has 2 aromatic rings. The summed E-state index contributed by atoms with van der Waals surface area (Å²) in [5.41, 5.74) is 4.81. The van der Waals surface area contributed by atoms with Crippen LogP contribution in [-0.2, 0) is 19.4 Å². The van der Waals surface area contributed by atoms with Crippen LogP contribution in [0.2, 0.25) is 0 Å². The molecule has 128 valence electrons. The lowest BCUT2D eigenvalue weighted by molar-refractivity contribution is 0.102. The number of rotatable bonds is 4. The van der Waals surface area contributed by atoms with E-state index in [0.717, 1.165) is 36.5 Å². The van der Waals surface area contributed by atoms with Gasteiger partial charge in [-0.3, -0.25) is 9.48 Å². The van der Waals surface area contributed by atoms with Crippen molar-refractivity contribution in [2.45, 2.75) is 52.5 Å². The van der Waals surface area contributed by atoms with Gasteiger partial charge in [-0.05, 0) is 68.9 Å². The number of benzene rings is 1. The zero-order valence-corrected chi connectivity index (χ0v) is 14.7. The lowest BCUT2D eigenvalue weighted by Crippen LogP contribution is -2.14. The maximum atomic E-state index is 12.6. The molecular weight excluding hydrogens is 302 g/mol. The summed E-state index contributed by atoms with van der Waals surface area (Å²) in [4.78, 5) is 12.6. The predicted octanol–water partition coefficient (Wildman–Crippen LogP) is 3.74. The normalized spacial score (nSPS) is 14.0. The minimum absolute atomic E-state index is 0.197. The summed E-state index contributed by atoms with van der Waals surface area (Å²) >= 11 is 0. The maximum absolute atomic E-state index is 12.6. The smallest absolute Gasteiger partial charge is 0.276 e. The van der Waals surface area contributed by atoms with Crippen LogP contribution in [0.1, 0.15) is 53.5 Å². The van der Waals surface area contributed by atoms with Crippen molar-refractivity contribution in [2.24, 2.45) is 0 Å². The first kappa shape index (κ1) is 16.6. The van der Waals surface area contributed by atoms with Gasteiger partial charge in [0.25, 0.3) is 5.91 Å². The highest BCUT2D eigenvalue weighted by atomic mass is 16.5. The molecule has 5 nitrogen and oxygen atoms in total. The molecule has 0 bridgehead atoms. The number of nitrogens with zero attached hydrogens (tertiary/aromatic N) is 2. The number of hydrogen-bond acceptors (Lipinski definition) is 3. The Morgan fingerprint density at radius 1 is 1.21 bits per heavy atom. The van der Waals surface area contributed by atoms with Crippen LogP contribution in [0.3, 0.4) is 0 Å². The first-order valence-electron chi connectivity index (χ1n) is 8.68. The van der Waals surface area contributed by atoms with Gasteiger partial charge >= 0.3 is 0 Å². The highest BCUT2D eigenvalue weighted by Crippen LogP contribution is 2.32. The standard InChI is InChI=1S/C19H25N3O2/c1-4-22-13(2)10-17(21-22)19(23)20-16-11-14-8-6-5-7-9-15(14)12-18(16)24-3/h10-12H,4-9H2,1-3H3,(H,20,23). The Morgan fingerprint density at radius 3 is 2.54 bits per heavy atom. The molecule has 1 heterocycles. The van der Waals surface area contributed by atoms with E-state index in [9.17, 15) is 4.79 Å². The van der Waals surface area contributed by atoms with Gasteiger partial charge < -0.3 is 10.1 Å². The Balaban J connectivity index is 1.88. The molecule has 1 aromatic carbocycles. The fourth-order valence-corrected chi connectivity index (χ4v) is 3.33. The van der Waals surface area contributed by atoms with E-state index in [2.05, 4.69) is 22.5 Å². The quantitative estimate of drug-likeness (QED) is 0.870. The Hall–Kier alpha value is -2.30. The van der Waals surface area contributed by atoms with Crippen LogP contribution in [-0.4, -0.2) is 22.8 Å². The van der Waals surface area contributed by atoms with Crippen LogP contribution in [0.4, 0.5) is 5.69 Å². The first-order chi connectivity index (χ1) is 11.6. The number of aromatic nitrogens is 2. The second-order valence-corrected chi connectivity index (χ2v) is 6.32. The van der Waals surface area contributed by atoms with Crippen molar-refractivity contribution < 1.29 is 9.53 Å². The van der Waals surface area contributed by atoms with E-state index >= 15 is 0 Å². The van der Waals surface area contributed by atoms with Crippen molar-refractivity contribution in [1.82, 2.24) is 9.78 Å². The van der Waals surface area contributed by atoms with Gasteiger partial charge in [-0.25, -0.2) is 0 Å². The molecule has 1 aliphatic carbocycles. The zero-order chi connectivity index (χ0) is 17.1. The number of methoxy groups -OCH3 is 1. The molecule has 1 aliphatic rings. The largest absolute Gasteiger partial charge is 0.495 e. The third kappa shape index (κ3) is 3.30. The third-order valence-electron chi connectivity index (χ3n) is 4.68. The lowest BCUT2D eigenvalue weighted by atomic mass is 10.0. The summed E-state index contributed by atoms with van der Waals surface area (Å²) in [5, 5.41) is 7.32. The Labute approximate surface area is 143 Å². The lowest BCUT2D eigenvalue weighted by Gasteiger charge is -2.14. The summed E-state index contributed by atoms with van der Waals surface area (Å²) in [6.45, 7) is 4.72. The van der Waals surface area contributed by atoms with Gasteiger partial charge in [-0.15, -0.1) is 0 Å². The Bertz CT molecular complexity index is 749. The molecule has 0 spiro atoms.